The van der Waals surface area contributed by atoms with E-state index in [1.165, 1.54) is 5.56 Å². The SMILES string of the molecule is Cc1cccc(C)c1OCC(=O)NCC(C)c1ccccc1. The van der Waals surface area contributed by atoms with Crippen LogP contribution in [0.25, 0.3) is 0 Å². The summed E-state index contributed by atoms with van der Waals surface area (Å²) in [7, 11) is 0. The van der Waals surface area contributed by atoms with Gasteiger partial charge in [0, 0.05) is 6.54 Å². The van der Waals surface area contributed by atoms with Gasteiger partial charge in [0.1, 0.15) is 5.75 Å². The highest BCUT2D eigenvalue weighted by atomic mass is 16.5. The van der Waals surface area contributed by atoms with Gasteiger partial charge in [-0.1, -0.05) is 55.5 Å². The summed E-state index contributed by atoms with van der Waals surface area (Å²) in [6.45, 7) is 6.73. The lowest BCUT2D eigenvalue weighted by atomic mass is 10.0. The van der Waals surface area contributed by atoms with Gasteiger partial charge in [-0.15, -0.1) is 0 Å². The lowest BCUT2D eigenvalue weighted by Crippen LogP contribution is -2.32. The van der Waals surface area contributed by atoms with Crippen LogP contribution in [0.3, 0.4) is 0 Å². The minimum absolute atomic E-state index is 0.0488. The standard InChI is InChI=1S/C19H23NO2/c1-14-8-7-9-15(2)19(14)22-13-18(21)20-12-16(3)17-10-5-4-6-11-17/h4-11,16H,12-13H2,1-3H3,(H,20,21). The molecular weight excluding hydrogens is 274 g/mol. The number of aryl methyl sites for hydroxylation is 2. The Morgan fingerprint density at radius 3 is 2.32 bits per heavy atom. The van der Waals surface area contributed by atoms with Crippen LogP contribution in [0.4, 0.5) is 0 Å². The Hall–Kier alpha value is -2.29. The number of benzene rings is 2. The Kier molecular flexibility index (Phi) is 5.59. The van der Waals surface area contributed by atoms with Crippen molar-refractivity contribution in [3.05, 3.63) is 65.2 Å². The molecule has 0 heterocycles. The molecule has 1 unspecified atom stereocenters. The van der Waals surface area contributed by atoms with E-state index < -0.39 is 0 Å². The molecule has 1 amide bonds. The van der Waals surface area contributed by atoms with Gasteiger partial charge in [-0.25, -0.2) is 0 Å². The number of ether oxygens (including phenoxy) is 1. The molecule has 0 spiro atoms. The first kappa shape index (κ1) is 16.1. The third-order valence-corrected chi connectivity index (χ3v) is 3.73. The Balaban J connectivity index is 1.81. The van der Waals surface area contributed by atoms with Crippen LogP contribution in [0.1, 0.15) is 29.5 Å². The molecule has 1 atom stereocenters. The lowest BCUT2D eigenvalue weighted by molar-refractivity contribution is -0.123. The van der Waals surface area contributed by atoms with Crippen LogP contribution in [0.2, 0.25) is 0 Å². The lowest BCUT2D eigenvalue weighted by Gasteiger charge is -2.14. The van der Waals surface area contributed by atoms with Gasteiger partial charge >= 0.3 is 0 Å². The Bertz CT molecular complexity index is 602. The van der Waals surface area contributed by atoms with E-state index in [1.807, 2.05) is 50.2 Å². The van der Waals surface area contributed by atoms with Gasteiger partial charge in [0.2, 0.25) is 0 Å². The summed E-state index contributed by atoms with van der Waals surface area (Å²) in [5.74, 6) is 0.990. The molecule has 1 N–H and O–H groups in total. The minimum Gasteiger partial charge on any atom is -0.483 e. The average molecular weight is 297 g/mol. The fourth-order valence-electron chi connectivity index (χ4n) is 2.38. The smallest absolute Gasteiger partial charge is 0.257 e. The van der Waals surface area contributed by atoms with Crippen molar-refractivity contribution in [1.29, 1.82) is 0 Å². The quantitative estimate of drug-likeness (QED) is 0.884. The van der Waals surface area contributed by atoms with Crippen LogP contribution < -0.4 is 10.1 Å². The molecule has 0 saturated heterocycles. The Labute approximate surface area is 132 Å². The van der Waals surface area contributed by atoms with Crippen LogP contribution in [0.15, 0.2) is 48.5 Å². The topological polar surface area (TPSA) is 38.3 Å². The van der Waals surface area contributed by atoms with Gasteiger partial charge in [0.25, 0.3) is 5.91 Å². The number of carbonyl (C=O) groups is 1. The highest BCUT2D eigenvalue weighted by molar-refractivity contribution is 5.77. The monoisotopic (exact) mass is 297 g/mol. The highest BCUT2D eigenvalue weighted by Crippen LogP contribution is 2.22. The summed E-state index contributed by atoms with van der Waals surface area (Å²) in [6.07, 6.45) is 0. The molecule has 0 radical (unpaired) electrons. The van der Waals surface area contributed by atoms with Crippen LogP contribution >= 0.6 is 0 Å². The molecule has 0 aromatic heterocycles. The van der Waals surface area contributed by atoms with Crippen LogP contribution in [0, 0.1) is 13.8 Å². The van der Waals surface area contributed by atoms with E-state index in [-0.39, 0.29) is 18.4 Å². The maximum Gasteiger partial charge on any atom is 0.257 e. The molecule has 116 valence electrons. The number of nitrogens with one attached hydrogen (secondary N) is 1. The molecule has 0 fully saturated rings. The number of amides is 1. The van der Waals surface area contributed by atoms with E-state index in [9.17, 15) is 4.79 Å². The Morgan fingerprint density at radius 1 is 1.05 bits per heavy atom. The third kappa shape index (κ3) is 4.35. The van der Waals surface area contributed by atoms with Crippen molar-refractivity contribution in [2.24, 2.45) is 0 Å². The van der Waals surface area contributed by atoms with Crippen molar-refractivity contribution in [3.63, 3.8) is 0 Å². The van der Waals surface area contributed by atoms with Crippen molar-refractivity contribution in [3.8, 4) is 5.75 Å². The summed E-state index contributed by atoms with van der Waals surface area (Å²) in [6, 6.07) is 16.1. The van der Waals surface area contributed by atoms with Crippen molar-refractivity contribution < 1.29 is 9.53 Å². The van der Waals surface area contributed by atoms with E-state index in [4.69, 9.17) is 4.74 Å². The summed E-state index contributed by atoms with van der Waals surface area (Å²) < 4.78 is 5.66. The van der Waals surface area contributed by atoms with Crippen molar-refractivity contribution >= 4 is 5.91 Å². The molecule has 2 aromatic rings. The van der Waals surface area contributed by atoms with Crippen molar-refractivity contribution in [2.45, 2.75) is 26.7 Å². The van der Waals surface area contributed by atoms with Gasteiger partial charge in [0.15, 0.2) is 6.61 Å². The zero-order valence-electron chi connectivity index (χ0n) is 13.4. The molecule has 2 rings (SSSR count). The Morgan fingerprint density at radius 2 is 1.68 bits per heavy atom. The zero-order chi connectivity index (χ0) is 15.9. The first-order chi connectivity index (χ1) is 10.6. The molecule has 0 aliphatic heterocycles. The summed E-state index contributed by atoms with van der Waals surface area (Å²) >= 11 is 0. The van der Waals surface area contributed by atoms with E-state index in [2.05, 4.69) is 24.4 Å². The van der Waals surface area contributed by atoms with Gasteiger partial charge in [0.05, 0.1) is 0 Å². The molecule has 3 nitrogen and oxygen atoms in total. The summed E-state index contributed by atoms with van der Waals surface area (Å²) in [4.78, 5) is 11.9. The van der Waals surface area contributed by atoms with E-state index in [1.54, 1.807) is 0 Å². The normalized spacial score (nSPS) is 11.8. The van der Waals surface area contributed by atoms with E-state index in [0.29, 0.717) is 6.54 Å². The molecular formula is C19H23NO2. The van der Waals surface area contributed by atoms with Gasteiger partial charge < -0.3 is 10.1 Å². The first-order valence-electron chi connectivity index (χ1n) is 7.58. The van der Waals surface area contributed by atoms with Crippen LogP contribution in [0.5, 0.6) is 5.75 Å². The average Bonchev–Trinajstić information content (AvgIpc) is 2.53. The number of rotatable bonds is 6. The summed E-state index contributed by atoms with van der Waals surface area (Å²) in [5, 5.41) is 2.93. The molecule has 0 aliphatic carbocycles. The second-order valence-electron chi connectivity index (χ2n) is 5.63. The number of hydrogen-bond acceptors (Lipinski definition) is 2. The summed E-state index contributed by atoms with van der Waals surface area (Å²) in [5.41, 5.74) is 3.31. The first-order valence-corrected chi connectivity index (χ1v) is 7.58. The number of para-hydroxylation sites is 1. The number of hydrogen-bond donors (Lipinski definition) is 1. The molecule has 3 heteroatoms. The maximum atomic E-state index is 11.9. The predicted molar refractivity (Wildman–Crippen MR) is 89.3 cm³/mol. The minimum atomic E-state index is -0.0922. The van der Waals surface area contributed by atoms with Crippen LogP contribution in [-0.4, -0.2) is 19.1 Å². The largest absolute Gasteiger partial charge is 0.483 e. The second kappa shape index (κ2) is 7.64. The van der Waals surface area contributed by atoms with Gasteiger partial charge in [-0.2, -0.15) is 0 Å². The predicted octanol–water partition coefficient (Wildman–Crippen LogP) is 3.60. The van der Waals surface area contributed by atoms with Gasteiger partial charge in [-0.05, 0) is 36.5 Å². The van der Waals surface area contributed by atoms with E-state index >= 15 is 0 Å². The molecule has 0 aliphatic rings. The fraction of sp³-hybridized carbons (Fsp3) is 0.316. The fourth-order valence-corrected chi connectivity index (χ4v) is 2.38. The molecule has 22 heavy (non-hydrogen) atoms. The van der Waals surface area contributed by atoms with Crippen molar-refractivity contribution in [1.82, 2.24) is 5.32 Å². The molecule has 0 saturated carbocycles. The van der Waals surface area contributed by atoms with Gasteiger partial charge in [-0.3, -0.25) is 4.79 Å². The van der Waals surface area contributed by atoms with E-state index in [0.717, 1.165) is 16.9 Å². The third-order valence-electron chi connectivity index (χ3n) is 3.73. The zero-order valence-corrected chi connectivity index (χ0v) is 13.4. The second-order valence-corrected chi connectivity index (χ2v) is 5.63. The number of carbonyl (C=O) groups excluding carboxylic acids is 1. The maximum absolute atomic E-state index is 11.9. The molecule has 2 aromatic carbocycles. The van der Waals surface area contributed by atoms with Crippen LogP contribution in [-0.2, 0) is 4.79 Å². The molecule has 0 bridgehead atoms. The highest BCUT2D eigenvalue weighted by Gasteiger charge is 2.09. The van der Waals surface area contributed by atoms with Crippen molar-refractivity contribution in [2.75, 3.05) is 13.2 Å².